The summed E-state index contributed by atoms with van der Waals surface area (Å²) in [6, 6.07) is 5.70. The van der Waals surface area contributed by atoms with E-state index in [4.69, 9.17) is 10.9 Å². The first kappa shape index (κ1) is 17.0. The standard InChI is InChI=1S/C7H11N3.C6H8N2O2S/c1-3-6-5-8-10-9-7(6)4-2;7-5-1-3-6(4-2-5)11(8,9)10/h5H,3-4H2,1-2H3;1-4H,7H2,(H2,8,9,10). The van der Waals surface area contributed by atoms with Crippen LogP contribution in [0.5, 0.6) is 0 Å². The van der Waals surface area contributed by atoms with Crippen LogP contribution in [-0.4, -0.2) is 23.8 Å². The summed E-state index contributed by atoms with van der Waals surface area (Å²) in [7, 11) is -3.58. The van der Waals surface area contributed by atoms with E-state index >= 15 is 0 Å². The van der Waals surface area contributed by atoms with E-state index in [1.54, 1.807) is 6.20 Å². The van der Waals surface area contributed by atoms with Gasteiger partial charge in [0.1, 0.15) is 0 Å². The van der Waals surface area contributed by atoms with Gasteiger partial charge in [0.05, 0.1) is 16.8 Å². The molecule has 0 saturated heterocycles. The first-order valence-electron chi connectivity index (χ1n) is 6.43. The molecular weight excluding hydrogens is 290 g/mol. The van der Waals surface area contributed by atoms with Crippen LogP contribution in [0.15, 0.2) is 35.4 Å². The monoisotopic (exact) mass is 309 g/mol. The maximum atomic E-state index is 10.7. The Kier molecular flexibility index (Phi) is 6.19. The Bertz CT molecular complexity index is 648. The van der Waals surface area contributed by atoms with E-state index in [0.717, 1.165) is 18.5 Å². The van der Waals surface area contributed by atoms with E-state index in [-0.39, 0.29) is 4.90 Å². The summed E-state index contributed by atoms with van der Waals surface area (Å²) in [4.78, 5) is 0.0756. The van der Waals surface area contributed by atoms with Crippen LogP contribution in [0.3, 0.4) is 0 Å². The zero-order valence-corrected chi connectivity index (χ0v) is 12.8. The number of rotatable bonds is 3. The number of nitrogens with two attached hydrogens (primary N) is 2. The fourth-order valence-corrected chi connectivity index (χ4v) is 2.08. The summed E-state index contributed by atoms with van der Waals surface area (Å²) in [5.41, 5.74) is 8.12. The molecule has 1 aromatic carbocycles. The van der Waals surface area contributed by atoms with Gasteiger partial charge in [-0.25, -0.2) is 13.6 Å². The van der Waals surface area contributed by atoms with Gasteiger partial charge >= 0.3 is 0 Å². The van der Waals surface area contributed by atoms with Crippen molar-refractivity contribution in [1.29, 1.82) is 0 Å². The molecule has 0 atom stereocenters. The van der Waals surface area contributed by atoms with Gasteiger partial charge in [0, 0.05) is 5.69 Å². The Morgan fingerprint density at radius 1 is 1.10 bits per heavy atom. The highest BCUT2D eigenvalue weighted by Crippen LogP contribution is 2.08. The van der Waals surface area contributed by atoms with Gasteiger partial charge in [-0.15, -0.1) is 10.2 Å². The van der Waals surface area contributed by atoms with Gasteiger partial charge in [-0.3, -0.25) is 0 Å². The fraction of sp³-hybridized carbons (Fsp3) is 0.308. The molecule has 0 fully saturated rings. The lowest BCUT2D eigenvalue weighted by Crippen LogP contribution is -2.11. The maximum Gasteiger partial charge on any atom is 0.238 e. The van der Waals surface area contributed by atoms with Gasteiger partial charge in [0.15, 0.2) is 0 Å². The molecule has 21 heavy (non-hydrogen) atoms. The van der Waals surface area contributed by atoms with Crippen LogP contribution in [0.2, 0.25) is 0 Å². The van der Waals surface area contributed by atoms with Gasteiger partial charge in [-0.1, -0.05) is 13.8 Å². The summed E-state index contributed by atoms with van der Waals surface area (Å²) >= 11 is 0. The Labute approximate surface area is 124 Å². The molecule has 0 unspecified atom stereocenters. The molecule has 0 amide bonds. The maximum absolute atomic E-state index is 10.7. The average Bonchev–Trinajstić information content (AvgIpc) is 2.47. The van der Waals surface area contributed by atoms with Crippen molar-refractivity contribution in [2.45, 2.75) is 31.6 Å². The number of primary sulfonamides is 1. The zero-order chi connectivity index (χ0) is 15.9. The van der Waals surface area contributed by atoms with Crippen LogP contribution in [0.4, 0.5) is 5.69 Å². The van der Waals surface area contributed by atoms with Crippen LogP contribution < -0.4 is 10.9 Å². The van der Waals surface area contributed by atoms with Crippen LogP contribution in [0.25, 0.3) is 0 Å². The third kappa shape index (κ3) is 5.44. The Morgan fingerprint density at radius 2 is 1.71 bits per heavy atom. The van der Waals surface area contributed by atoms with Crippen molar-refractivity contribution >= 4 is 15.7 Å². The van der Waals surface area contributed by atoms with E-state index < -0.39 is 10.0 Å². The summed E-state index contributed by atoms with van der Waals surface area (Å²) in [5, 5.41) is 16.0. The Hall–Kier alpha value is -2.06. The Balaban J connectivity index is 0.000000211. The molecule has 7 nitrogen and oxygen atoms in total. The van der Waals surface area contributed by atoms with Crippen molar-refractivity contribution in [3.63, 3.8) is 0 Å². The van der Waals surface area contributed by atoms with Gasteiger partial charge in [0.25, 0.3) is 0 Å². The average molecular weight is 309 g/mol. The molecule has 0 radical (unpaired) electrons. The van der Waals surface area contributed by atoms with E-state index in [9.17, 15) is 8.42 Å². The van der Waals surface area contributed by atoms with Crippen LogP contribution in [0, 0.1) is 0 Å². The summed E-state index contributed by atoms with van der Waals surface area (Å²) < 4.78 is 21.4. The molecule has 2 aromatic rings. The van der Waals surface area contributed by atoms with Crippen molar-refractivity contribution in [1.82, 2.24) is 15.4 Å². The molecule has 114 valence electrons. The molecule has 2 rings (SSSR count). The number of benzene rings is 1. The second-order valence-corrected chi connectivity index (χ2v) is 5.79. The van der Waals surface area contributed by atoms with E-state index in [0.29, 0.717) is 5.69 Å². The lowest BCUT2D eigenvalue weighted by Gasteiger charge is -1.98. The summed E-state index contributed by atoms with van der Waals surface area (Å²) in [6.07, 6.45) is 3.72. The van der Waals surface area contributed by atoms with E-state index in [2.05, 4.69) is 29.3 Å². The van der Waals surface area contributed by atoms with Crippen LogP contribution >= 0.6 is 0 Å². The molecule has 4 N–H and O–H groups in total. The van der Waals surface area contributed by atoms with Gasteiger partial charge in [0.2, 0.25) is 10.0 Å². The molecule has 0 spiro atoms. The normalized spacial score (nSPS) is 10.6. The lowest BCUT2D eigenvalue weighted by molar-refractivity contribution is 0.598. The minimum absolute atomic E-state index is 0.0756. The first-order chi connectivity index (χ1) is 9.88. The minimum atomic E-state index is -3.58. The molecule has 0 aliphatic rings. The number of aromatic nitrogens is 3. The number of nitrogens with zero attached hydrogens (tertiary/aromatic N) is 3. The minimum Gasteiger partial charge on any atom is -0.399 e. The van der Waals surface area contributed by atoms with Crippen molar-refractivity contribution < 1.29 is 8.42 Å². The zero-order valence-electron chi connectivity index (χ0n) is 12.0. The van der Waals surface area contributed by atoms with Crippen LogP contribution in [-0.2, 0) is 22.9 Å². The van der Waals surface area contributed by atoms with Crippen molar-refractivity contribution in [3.05, 3.63) is 41.7 Å². The van der Waals surface area contributed by atoms with Gasteiger partial charge in [-0.05, 0) is 47.9 Å². The highest BCUT2D eigenvalue weighted by atomic mass is 32.2. The number of hydrogen-bond donors (Lipinski definition) is 2. The second-order valence-electron chi connectivity index (χ2n) is 4.23. The molecule has 1 aromatic heterocycles. The molecular formula is C13H19N5O2S. The molecule has 0 aliphatic carbocycles. The van der Waals surface area contributed by atoms with E-state index in [1.807, 2.05) is 0 Å². The first-order valence-corrected chi connectivity index (χ1v) is 7.97. The van der Waals surface area contributed by atoms with Crippen molar-refractivity contribution in [2.75, 3.05) is 5.73 Å². The molecule has 0 bridgehead atoms. The highest BCUT2D eigenvalue weighted by Gasteiger charge is 2.05. The van der Waals surface area contributed by atoms with E-state index in [1.165, 1.54) is 29.8 Å². The molecule has 8 heteroatoms. The predicted molar refractivity (Wildman–Crippen MR) is 80.8 cm³/mol. The number of anilines is 1. The third-order valence-corrected chi connectivity index (χ3v) is 3.65. The fourth-order valence-electron chi connectivity index (χ4n) is 1.56. The van der Waals surface area contributed by atoms with Gasteiger partial charge in [-0.2, -0.15) is 0 Å². The molecule has 1 heterocycles. The second kappa shape index (κ2) is 7.65. The molecule has 0 saturated carbocycles. The quantitative estimate of drug-likeness (QED) is 0.812. The smallest absolute Gasteiger partial charge is 0.238 e. The summed E-state index contributed by atoms with van der Waals surface area (Å²) in [6.45, 7) is 4.17. The summed E-state index contributed by atoms with van der Waals surface area (Å²) in [5.74, 6) is 0. The van der Waals surface area contributed by atoms with Gasteiger partial charge < -0.3 is 5.73 Å². The number of hydrogen-bond acceptors (Lipinski definition) is 6. The predicted octanol–water partition coefficient (Wildman–Crippen LogP) is 0.913. The third-order valence-electron chi connectivity index (χ3n) is 2.73. The molecule has 0 aliphatic heterocycles. The Morgan fingerprint density at radius 3 is 2.14 bits per heavy atom. The van der Waals surface area contributed by atoms with Crippen molar-refractivity contribution in [2.24, 2.45) is 5.14 Å². The largest absolute Gasteiger partial charge is 0.399 e. The lowest BCUT2D eigenvalue weighted by atomic mass is 10.1. The van der Waals surface area contributed by atoms with Crippen molar-refractivity contribution in [3.8, 4) is 0 Å². The SMILES string of the molecule is CCc1cnnnc1CC.Nc1ccc(S(N)(=O)=O)cc1. The number of aryl methyl sites for hydroxylation is 2. The highest BCUT2D eigenvalue weighted by molar-refractivity contribution is 7.89. The number of nitrogen functional groups attached to an aromatic ring is 1. The number of sulfonamides is 1. The van der Waals surface area contributed by atoms with Crippen LogP contribution in [0.1, 0.15) is 25.1 Å². The topological polar surface area (TPSA) is 125 Å².